The summed E-state index contributed by atoms with van der Waals surface area (Å²) in [6, 6.07) is 3.44. The van der Waals surface area contributed by atoms with Gasteiger partial charge in [0.15, 0.2) is 0 Å². The van der Waals surface area contributed by atoms with Gasteiger partial charge in [0.25, 0.3) is 0 Å². The SMILES string of the molecule is C/C(=C/C(=O)OCc1cc(COC(=O)/C=C(/C)OC2CC(C)(C)N(C)C(C)(C)C2)c(COC(=O)/C=C(/C)OC2CC(C)(C)N(C)C(C)(C)C2)cc1COC(=O)/C=C(/C)OC1CC(C)(C)N(C)C(C)(C)C1)OC1CC(C)(C)N(C)C(C)(C)C1. The van der Waals surface area contributed by atoms with E-state index >= 15 is 0 Å². The summed E-state index contributed by atoms with van der Waals surface area (Å²) in [6.45, 7) is 41.1. The van der Waals surface area contributed by atoms with Crippen molar-refractivity contribution in [2.75, 3.05) is 28.2 Å². The van der Waals surface area contributed by atoms with E-state index in [1.807, 2.05) is 0 Å². The molecule has 0 N–H and O–H groups in total. The highest BCUT2D eigenvalue weighted by atomic mass is 16.6. The quantitative estimate of drug-likeness (QED) is 0.0526. The minimum atomic E-state index is -0.636. The highest BCUT2D eigenvalue weighted by molar-refractivity contribution is 5.84. The van der Waals surface area contributed by atoms with Crippen LogP contribution in [0.3, 0.4) is 0 Å². The summed E-state index contributed by atoms with van der Waals surface area (Å²) >= 11 is 0. The Hall–Kier alpha value is -4.90. The topological polar surface area (TPSA) is 155 Å². The molecule has 16 heteroatoms. The lowest BCUT2D eigenvalue weighted by Gasteiger charge is -2.53. The van der Waals surface area contributed by atoms with E-state index in [1.54, 1.807) is 39.8 Å². The highest BCUT2D eigenvalue weighted by Gasteiger charge is 2.47. The summed E-state index contributed by atoms with van der Waals surface area (Å²) < 4.78 is 49.2. The van der Waals surface area contributed by atoms with Crippen molar-refractivity contribution in [3.63, 3.8) is 0 Å². The van der Waals surface area contributed by atoms with Gasteiger partial charge in [-0.1, -0.05) is 0 Å². The predicted octanol–water partition coefficient (Wildman–Crippen LogP) is 12.1. The molecule has 16 nitrogen and oxygen atoms in total. The van der Waals surface area contributed by atoms with Crippen LogP contribution in [0.4, 0.5) is 0 Å². The van der Waals surface area contributed by atoms with Gasteiger partial charge in [-0.15, -0.1) is 0 Å². The molecule has 0 saturated carbocycles. The number of carbonyl (C=O) groups excluding carboxylic acids is 4. The molecule has 1 aromatic rings. The molecular formula is C66H106N4O12. The molecule has 82 heavy (non-hydrogen) atoms. The molecule has 462 valence electrons. The molecule has 4 aliphatic rings. The first kappa shape index (κ1) is 67.9. The Labute approximate surface area is 493 Å². The van der Waals surface area contributed by atoms with Crippen LogP contribution in [0.1, 0.15) is 212 Å². The fourth-order valence-corrected chi connectivity index (χ4v) is 13.4. The van der Waals surface area contributed by atoms with Crippen molar-refractivity contribution in [3.05, 3.63) is 81.7 Å². The molecule has 0 aliphatic carbocycles. The van der Waals surface area contributed by atoms with Crippen LogP contribution >= 0.6 is 0 Å². The number of likely N-dealkylation sites (tertiary alicyclic amines) is 4. The number of benzene rings is 1. The van der Waals surface area contributed by atoms with E-state index in [0.29, 0.717) is 45.3 Å². The molecule has 4 saturated heterocycles. The van der Waals surface area contributed by atoms with E-state index in [-0.39, 0.29) is 95.2 Å². The van der Waals surface area contributed by atoms with Crippen molar-refractivity contribution in [2.24, 2.45) is 0 Å². The number of allylic oxidation sites excluding steroid dienone is 4. The largest absolute Gasteiger partial charge is 0.495 e. The molecule has 5 rings (SSSR count). The number of esters is 4. The van der Waals surface area contributed by atoms with Gasteiger partial charge < -0.3 is 37.9 Å². The van der Waals surface area contributed by atoms with Crippen LogP contribution in [-0.2, 0) is 83.5 Å². The Morgan fingerprint density at radius 3 is 0.634 bits per heavy atom. The van der Waals surface area contributed by atoms with Gasteiger partial charge in [-0.25, -0.2) is 19.2 Å². The highest BCUT2D eigenvalue weighted by Crippen LogP contribution is 2.42. The Morgan fingerprint density at radius 1 is 0.341 bits per heavy atom. The Morgan fingerprint density at radius 2 is 0.488 bits per heavy atom. The fourth-order valence-electron chi connectivity index (χ4n) is 13.4. The van der Waals surface area contributed by atoms with Gasteiger partial charge >= 0.3 is 23.9 Å². The third-order valence-corrected chi connectivity index (χ3v) is 18.8. The first-order valence-electron chi connectivity index (χ1n) is 29.6. The van der Waals surface area contributed by atoms with Crippen molar-refractivity contribution in [1.82, 2.24) is 19.6 Å². The minimum Gasteiger partial charge on any atom is -0.495 e. The van der Waals surface area contributed by atoms with Crippen molar-refractivity contribution in [3.8, 4) is 0 Å². The number of nitrogens with zero attached hydrogens (tertiary/aromatic N) is 4. The summed E-state index contributed by atoms with van der Waals surface area (Å²) in [5.74, 6) is -0.857. The minimum absolute atomic E-state index is 0.116. The molecule has 0 unspecified atom stereocenters. The van der Waals surface area contributed by atoms with Gasteiger partial charge in [-0.05, 0) is 201 Å². The van der Waals surface area contributed by atoms with Gasteiger partial charge in [-0.2, -0.15) is 0 Å². The van der Waals surface area contributed by atoms with Crippen molar-refractivity contribution in [1.29, 1.82) is 0 Å². The molecule has 4 aliphatic heterocycles. The van der Waals surface area contributed by atoms with Gasteiger partial charge in [0, 0.05) is 95.7 Å². The zero-order valence-corrected chi connectivity index (χ0v) is 54.9. The van der Waals surface area contributed by atoms with Crippen LogP contribution in [0.15, 0.2) is 59.5 Å². The number of hydrogen-bond donors (Lipinski definition) is 0. The molecule has 4 fully saturated rings. The third kappa shape index (κ3) is 18.1. The molecule has 0 bridgehead atoms. The lowest BCUT2D eigenvalue weighted by atomic mass is 9.78. The zero-order chi connectivity index (χ0) is 61.9. The van der Waals surface area contributed by atoms with E-state index < -0.39 is 23.9 Å². The lowest BCUT2D eigenvalue weighted by molar-refractivity contribution is -0.141. The molecule has 0 aromatic heterocycles. The zero-order valence-electron chi connectivity index (χ0n) is 54.9. The average molecular weight is 1150 g/mol. The molecular weight excluding hydrogens is 1040 g/mol. The first-order valence-corrected chi connectivity index (χ1v) is 29.6. The van der Waals surface area contributed by atoms with Crippen LogP contribution in [0.5, 0.6) is 0 Å². The second kappa shape index (κ2) is 25.8. The van der Waals surface area contributed by atoms with Gasteiger partial charge in [-0.3, -0.25) is 19.6 Å². The van der Waals surface area contributed by atoms with Gasteiger partial charge in [0.05, 0.1) is 24.3 Å². The van der Waals surface area contributed by atoms with Crippen molar-refractivity contribution in [2.45, 2.75) is 285 Å². The molecule has 0 radical (unpaired) electrons. The van der Waals surface area contributed by atoms with Crippen LogP contribution in [0.2, 0.25) is 0 Å². The number of rotatable bonds is 20. The lowest BCUT2D eigenvalue weighted by Crippen LogP contribution is -2.60. The maximum Gasteiger partial charge on any atom is 0.334 e. The van der Waals surface area contributed by atoms with E-state index in [4.69, 9.17) is 37.9 Å². The van der Waals surface area contributed by atoms with E-state index in [9.17, 15) is 19.2 Å². The normalized spacial score (nSPS) is 23.8. The van der Waals surface area contributed by atoms with E-state index in [2.05, 4.69) is 159 Å². The maximum absolute atomic E-state index is 13.6. The second-order valence-electron chi connectivity index (χ2n) is 29.2. The predicted molar refractivity (Wildman–Crippen MR) is 321 cm³/mol. The summed E-state index contributed by atoms with van der Waals surface area (Å²) in [5, 5.41) is 0. The molecule has 1 aromatic carbocycles. The Balaban J connectivity index is 1.44. The monoisotopic (exact) mass is 1150 g/mol. The fraction of sp³-hybridized carbons (Fsp3) is 0.727. The average Bonchev–Trinajstić information content (AvgIpc) is 3.42. The second-order valence-corrected chi connectivity index (χ2v) is 29.2. The van der Waals surface area contributed by atoms with Crippen LogP contribution in [0, 0.1) is 0 Å². The van der Waals surface area contributed by atoms with Gasteiger partial charge in [0.1, 0.15) is 73.9 Å². The Kier molecular flexibility index (Phi) is 21.3. The van der Waals surface area contributed by atoms with Crippen molar-refractivity contribution < 1.29 is 57.1 Å². The standard InChI is InChI=1S/C66H106N4O12/c1-43(79-51-31-59(5,6)67(21)60(7,8)32-51)25-55(71)75-39-47-29-49(41-77-57(73)27-45(3)81-53-35-63(13,14)69(23)64(15,16)36-53)50(42-78-58(74)28-46(4)82-54-37-65(17,18)70(24)66(19,20)38-54)30-48(47)40-76-56(72)26-44(2)80-52-33-61(9,10)68(22)62(11,12)34-52/h25-30,51-54H,31-42H2,1-24H3/b43-25-,44-26-,45-27-,46-28-. The summed E-state index contributed by atoms with van der Waals surface area (Å²) in [5.41, 5.74) is 0.892. The summed E-state index contributed by atoms with van der Waals surface area (Å²) in [7, 11) is 8.51. The van der Waals surface area contributed by atoms with Crippen LogP contribution in [-0.4, -0.2) is 140 Å². The number of hydrogen-bond acceptors (Lipinski definition) is 16. The summed E-state index contributed by atoms with van der Waals surface area (Å²) in [6.07, 6.45) is 11.1. The van der Waals surface area contributed by atoms with Crippen molar-refractivity contribution >= 4 is 23.9 Å². The van der Waals surface area contributed by atoms with Gasteiger partial charge in [0.2, 0.25) is 0 Å². The molecule has 0 amide bonds. The van der Waals surface area contributed by atoms with E-state index in [1.165, 1.54) is 24.3 Å². The van der Waals surface area contributed by atoms with E-state index in [0.717, 1.165) is 51.4 Å². The number of piperidine rings is 4. The molecule has 4 heterocycles. The molecule has 0 atom stereocenters. The summed E-state index contributed by atoms with van der Waals surface area (Å²) in [4.78, 5) is 64.0. The number of ether oxygens (including phenoxy) is 8. The van der Waals surface area contributed by atoms with Crippen LogP contribution in [0.25, 0.3) is 0 Å². The Bertz CT molecular complexity index is 2180. The smallest absolute Gasteiger partial charge is 0.334 e. The third-order valence-electron chi connectivity index (χ3n) is 18.8. The van der Waals surface area contributed by atoms with Crippen LogP contribution < -0.4 is 0 Å². The first-order chi connectivity index (χ1) is 37.4. The molecule has 0 spiro atoms. The maximum atomic E-state index is 13.6. The number of carbonyl (C=O) groups is 4.